The standard InChI is InChI=1S/C22H31N3O3/c1-15(2)10-18-12-19(24-23-18)14-25-9-5-6-17(13-25)22(26)16-7-8-20(27-3)21(11-16)28-4/h7-8,11-12,15,17H,5-6,9-10,13-14H2,1-4H3,(H,23,24)/t17-/m1/s1. The van der Waals surface area contributed by atoms with E-state index in [1.807, 2.05) is 6.07 Å². The lowest BCUT2D eigenvalue weighted by Gasteiger charge is -2.31. The van der Waals surface area contributed by atoms with Gasteiger partial charge in [0.15, 0.2) is 17.3 Å². The van der Waals surface area contributed by atoms with E-state index in [0.29, 0.717) is 23.0 Å². The SMILES string of the molecule is COc1ccc(C(=O)[C@@H]2CCCN(Cc3cc(CC(C)C)n[nH]3)C2)cc1OC. The zero-order valence-electron chi connectivity index (χ0n) is 17.3. The number of ketones is 1. The summed E-state index contributed by atoms with van der Waals surface area (Å²) in [6, 6.07) is 7.57. The van der Waals surface area contributed by atoms with E-state index in [1.165, 1.54) is 0 Å². The monoisotopic (exact) mass is 385 g/mol. The number of methoxy groups -OCH3 is 2. The van der Waals surface area contributed by atoms with E-state index < -0.39 is 0 Å². The van der Waals surface area contributed by atoms with Gasteiger partial charge in [-0.2, -0.15) is 5.10 Å². The van der Waals surface area contributed by atoms with Crippen molar-refractivity contribution in [2.75, 3.05) is 27.3 Å². The quantitative estimate of drug-likeness (QED) is 0.702. The third kappa shape index (κ3) is 4.93. The van der Waals surface area contributed by atoms with E-state index >= 15 is 0 Å². The summed E-state index contributed by atoms with van der Waals surface area (Å²) in [6.45, 7) is 6.98. The number of nitrogens with zero attached hydrogens (tertiary/aromatic N) is 2. The largest absolute Gasteiger partial charge is 0.493 e. The van der Waals surface area contributed by atoms with Gasteiger partial charge < -0.3 is 9.47 Å². The maximum atomic E-state index is 13.0. The molecule has 0 spiro atoms. The molecule has 6 heteroatoms. The second kappa shape index (κ2) is 9.24. The fourth-order valence-corrected chi connectivity index (χ4v) is 3.89. The number of aromatic nitrogens is 2. The number of carbonyl (C=O) groups excluding carboxylic acids is 1. The van der Waals surface area contributed by atoms with Gasteiger partial charge in [0, 0.05) is 30.3 Å². The van der Waals surface area contributed by atoms with Crippen LogP contribution in [0.5, 0.6) is 11.5 Å². The van der Waals surface area contributed by atoms with Crippen molar-refractivity contribution in [3.8, 4) is 11.5 Å². The Morgan fingerprint density at radius 1 is 1.25 bits per heavy atom. The Balaban J connectivity index is 1.64. The molecule has 0 radical (unpaired) electrons. The second-order valence-electron chi connectivity index (χ2n) is 7.99. The first kappa shape index (κ1) is 20.4. The Kier molecular flexibility index (Phi) is 6.73. The van der Waals surface area contributed by atoms with Crippen LogP contribution in [0.3, 0.4) is 0 Å². The van der Waals surface area contributed by atoms with Crippen LogP contribution in [0.2, 0.25) is 0 Å². The van der Waals surface area contributed by atoms with Gasteiger partial charge in [-0.15, -0.1) is 0 Å². The van der Waals surface area contributed by atoms with Crippen LogP contribution in [0, 0.1) is 11.8 Å². The zero-order valence-corrected chi connectivity index (χ0v) is 17.3. The first-order chi connectivity index (χ1) is 13.5. The maximum Gasteiger partial charge on any atom is 0.167 e. The van der Waals surface area contributed by atoms with Gasteiger partial charge in [-0.25, -0.2) is 0 Å². The van der Waals surface area contributed by atoms with Crippen LogP contribution >= 0.6 is 0 Å². The van der Waals surface area contributed by atoms with Gasteiger partial charge in [0.05, 0.1) is 19.9 Å². The van der Waals surface area contributed by atoms with Crippen molar-refractivity contribution in [3.05, 3.63) is 41.2 Å². The first-order valence-corrected chi connectivity index (χ1v) is 10.0. The summed E-state index contributed by atoms with van der Waals surface area (Å²) in [4.78, 5) is 15.4. The lowest BCUT2D eigenvalue weighted by atomic mass is 9.89. The van der Waals surface area contributed by atoms with Crippen LogP contribution in [0.25, 0.3) is 0 Å². The predicted molar refractivity (Wildman–Crippen MR) is 109 cm³/mol. The molecule has 1 N–H and O–H groups in total. The smallest absolute Gasteiger partial charge is 0.167 e. The molecule has 0 unspecified atom stereocenters. The summed E-state index contributed by atoms with van der Waals surface area (Å²) in [5, 5.41) is 7.57. The number of hydrogen-bond acceptors (Lipinski definition) is 5. The van der Waals surface area contributed by atoms with Crippen molar-refractivity contribution >= 4 is 5.78 Å². The van der Waals surface area contributed by atoms with Gasteiger partial charge in [0.1, 0.15) is 0 Å². The average molecular weight is 386 g/mol. The predicted octanol–water partition coefficient (Wildman–Crippen LogP) is 3.72. The molecule has 1 aliphatic rings. The Bertz CT molecular complexity index is 800. The highest BCUT2D eigenvalue weighted by Gasteiger charge is 2.27. The topological polar surface area (TPSA) is 67.5 Å². The molecular weight excluding hydrogens is 354 g/mol. The van der Waals surface area contributed by atoms with Crippen LogP contribution in [-0.4, -0.2) is 48.2 Å². The highest BCUT2D eigenvalue weighted by atomic mass is 16.5. The van der Waals surface area contributed by atoms with Gasteiger partial charge in [-0.3, -0.25) is 14.8 Å². The number of hydrogen-bond donors (Lipinski definition) is 1. The number of piperidine rings is 1. The molecule has 28 heavy (non-hydrogen) atoms. The van der Waals surface area contributed by atoms with Crippen molar-refractivity contribution in [1.82, 2.24) is 15.1 Å². The van der Waals surface area contributed by atoms with Gasteiger partial charge in [0.25, 0.3) is 0 Å². The highest BCUT2D eigenvalue weighted by molar-refractivity contribution is 5.98. The van der Waals surface area contributed by atoms with E-state index in [2.05, 4.69) is 35.0 Å². The lowest BCUT2D eigenvalue weighted by molar-refractivity contribution is 0.0809. The van der Waals surface area contributed by atoms with E-state index in [9.17, 15) is 4.79 Å². The second-order valence-corrected chi connectivity index (χ2v) is 7.99. The minimum absolute atomic E-state index is 0.00454. The van der Waals surface area contributed by atoms with Crippen molar-refractivity contribution in [3.63, 3.8) is 0 Å². The average Bonchev–Trinajstić information content (AvgIpc) is 3.12. The number of ether oxygens (including phenoxy) is 2. The fourth-order valence-electron chi connectivity index (χ4n) is 3.89. The molecule has 152 valence electrons. The number of aromatic amines is 1. The number of H-pyrrole nitrogens is 1. The number of rotatable bonds is 8. The minimum Gasteiger partial charge on any atom is -0.493 e. The zero-order chi connectivity index (χ0) is 20.1. The molecule has 2 heterocycles. The summed E-state index contributed by atoms with van der Waals surface area (Å²) in [5.41, 5.74) is 2.92. The normalized spacial score (nSPS) is 17.7. The van der Waals surface area contributed by atoms with E-state index in [4.69, 9.17) is 9.47 Å². The van der Waals surface area contributed by atoms with Crippen LogP contribution in [0.1, 0.15) is 48.4 Å². The first-order valence-electron chi connectivity index (χ1n) is 10.0. The van der Waals surface area contributed by atoms with Crippen LogP contribution < -0.4 is 9.47 Å². The molecule has 0 saturated carbocycles. The summed E-state index contributed by atoms with van der Waals surface area (Å²) in [5.74, 6) is 2.01. The molecule has 1 aromatic carbocycles. The Labute approximate surface area is 167 Å². The van der Waals surface area contributed by atoms with Crippen molar-refractivity contribution < 1.29 is 14.3 Å². The molecule has 0 bridgehead atoms. The fraction of sp³-hybridized carbons (Fsp3) is 0.545. The number of likely N-dealkylation sites (tertiary alicyclic amines) is 1. The third-order valence-electron chi connectivity index (χ3n) is 5.24. The van der Waals surface area contributed by atoms with Crippen LogP contribution in [-0.2, 0) is 13.0 Å². The van der Waals surface area contributed by atoms with Crippen molar-refractivity contribution in [1.29, 1.82) is 0 Å². The van der Waals surface area contributed by atoms with Gasteiger partial charge >= 0.3 is 0 Å². The minimum atomic E-state index is 0.00454. The number of Topliss-reactive ketones (excluding diaryl/α,β-unsaturated/α-hetero) is 1. The van der Waals surface area contributed by atoms with Gasteiger partial charge in [0.2, 0.25) is 0 Å². The molecule has 0 amide bonds. The number of carbonyl (C=O) groups is 1. The van der Waals surface area contributed by atoms with Gasteiger partial charge in [-0.1, -0.05) is 13.8 Å². The van der Waals surface area contributed by atoms with Gasteiger partial charge in [-0.05, 0) is 56.0 Å². The Morgan fingerprint density at radius 3 is 2.75 bits per heavy atom. The maximum absolute atomic E-state index is 13.0. The number of benzene rings is 1. The number of nitrogens with one attached hydrogen (secondary N) is 1. The molecule has 3 rings (SSSR count). The van der Waals surface area contributed by atoms with E-state index in [0.717, 1.165) is 50.3 Å². The molecule has 6 nitrogen and oxygen atoms in total. The van der Waals surface area contributed by atoms with E-state index in [1.54, 1.807) is 26.4 Å². The third-order valence-corrected chi connectivity index (χ3v) is 5.24. The molecule has 1 fully saturated rings. The molecule has 1 atom stereocenters. The summed E-state index contributed by atoms with van der Waals surface area (Å²) < 4.78 is 10.6. The summed E-state index contributed by atoms with van der Waals surface area (Å²) in [6.07, 6.45) is 2.93. The van der Waals surface area contributed by atoms with Crippen molar-refractivity contribution in [2.24, 2.45) is 11.8 Å². The highest BCUT2D eigenvalue weighted by Crippen LogP contribution is 2.30. The molecule has 0 aliphatic carbocycles. The van der Waals surface area contributed by atoms with Crippen LogP contribution in [0.4, 0.5) is 0 Å². The van der Waals surface area contributed by atoms with Crippen LogP contribution in [0.15, 0.2) is 24.3 Å². The Morgan fingerprint density at radius 2 is 2.04 bits per heavy atom. The summed E-state index contributed by atoms with van der Waals surface area (Å²) >= 11 is 0. The molecule has 1 aliphatic heterocycles. The van der Waals surface area contributed by atoms with E-state index in [-0.39, 0.29) is 11.7 Å². The molecule has 2 aromatic rings. The molecule has 1 aromatic heterocycles. The Hall–Kier alpha value is -2.34. The summed E-state index contributed by atoms with van der Waals surface area (Å²) in [7, 11) is 3.19. The molecular formula is C22H31N3O3. The van der Waals surface area contributed by atoms with Crippen molar-refractivity contribution in [2.45, 2.75) is 39.7 Å². The molecule has 1 saturated heterocycles. The lowest BCUT2D eigenvalue weighted by Crippen LogP contribution is -2.38.